The molecule has 13 nitrogen and oxygen atoms in total. The Morgan fingerprint density at radius 3 is 1.86 bits per heavy atom. The van der Waals surface area contributed by atoms with Gasteiger partial charge in [-0.25, -0.2) is 4.79 Å². The number of carbonyl (C=O) groups is 5. The van der Waals surface area contributed by atoms with Crippen molar-refractivity contribution in [2.45, 2.75) is 50.0 Å². The number of primary amides is 1. The van der Waals surface area contributed by atoms with Gasteiger partial charge in [-0.2, -0.15) is 12.6 Å². The quantitative estimate of drug-likeness (QED) is 0.126. The summed E-state index contributed by atoms with van der Waals surface area (Å²) >= 11 is 3.94. The largest absolute Gasteiger partial charge is 0.480 e. The molecule has 0 aliphatic rings. The molecule has 0 aromatic carbocycles. The number of thiol groups is 1. The SMILES string of the molecule is CC(O)C(N)C(=O)NC(CS)C(=O)NC(CCC(N)=O)C(=O)NC(CO)C(=O)O. The molecule has 0 aromatic heterocycles. The van der Waals surface area contributed by atoms with Gasteiger partial charge in [-0.05, 0) is 13.3 Å². The Morgan fingerprint density at radius 1 is 0.966 bits per heavy atom. The van der Waals surface area contributed by atoms with Gasteiger partial charge in [0.2, 0.25) is 23.6 Å². The smallest absolute Gasteiger partial charge is 0.328 e. The molecule has 10 N–H and O–H groups in total. The van der Waals surface area contributed by atoms with Crippen LogP contribution in [0.1, 0.15) is 19.8 Å². The lowest BCUT2D eigenvalue weighted by atomic mass is 10.1. The van der Waals surface area contributed by atoms with Crippen molar-refractivity contribution in [2.24, 2.45) is 11.5 Å². The fourth-order valence-corrected chi connectivity index (χ4v) is 2.22. The van der Waals surface area contributed by atoms with Crippen molar-refractivity contribution in [3.8, 4) is 0 Å². The van der Waals surface area contributed by atoms with Gasteiger partial charge in [-0.3, -0.25) is 19.2 Å². The molecule has 29 heavy (non-hydrogen) atoms. The van der Waals surface area contributed by atoms with Gasteiger partial charge in [-0.1, -0.05) is 0 Å². The molecule has 14 heteroatoms. The van der Waals surface area contributed by atoms with Crippen molar-refractivity contribution < 1.29 is 39.3 Å². The van der Waals surface area contributed by atoms with E-state index in [1.54, 1.807) is 0 Å². The second kappa shape index (κ2) is 12.9. The van der Waals surface area contributed by atoms with Crippen molar-refractivity contribution in [1.82, 2.24) is 16.0 Å². The van der Waals surface area contributed by atoms with E-state index >= 15 is 0 Å². The maximum Gasteiger partial charge on any atom is 0.328 e. The van der Waals surface area contributed by atoms with Crippen LogP contribution in [0.3, 0.4) is 0 Å². The number of rotatable bonds is 13. The van der Waals surface area contributed by atoms with Crippen molar-refractivity contribution in [1.29, 1.82) is 0 Å². The fourth-order valence-electron chi connectivity index (χ4n) is 1.97. The van der Waals surface area contributed by atoms with Crippen LogP contribution in [0.25, 0.3) is 0 Å². The third-order valence-corrected chi connectivity index (χ3v) is 4.11. The number of carboxylic acid groups (broad SMARTS) is 1. The molecule has 0 aliphatic heterocycles. The second-order valence-corrected chi connectivity index (χ2v) is 6.52. The first-order chi connectivity index (χ1) is 13.4. The van der Waals surface area contributed by atoms with E-state index in [9.17, 15) is 29.1 Å². The van der Waals surface area contributed by atoms with Crippen molar-refractivity contribution in [2.75, 3.05) is 12.4 Å². The number of hydrogen-bond donors (Lipinski definition) is 9. The van der Waals surface area contributed by atoms with E-state index in [2.05, 4.69) is 23.3 Å². The summed E-state index contributed by atoms with van der Waals surface area (Å²) in [5.41, 5.74) is 10.5. The Morgan fingerprint density at radius 2 is 1.45 bits per heavy atom. The molecular formula is C15H27N5O8S. The Labute approximate surface area is 172 Å². The lowest BCUT2D eigenvalue weighted by molar-refractivity contribution is -0.143. The van der Waals surface area contributed by atoms with E-state index in [4.69, 9.17) is 21.7 Å². The van der Waals surface area contributed by atoms with Gasteiger partial charge < -0.3 is 42.7 Å². The number of aliphatic hydroxyl groups is 2. The van der Waals surface area contributed by atoms with Crippen LogP contribution >= 0.6 is 12.6 Å². The lowest BCUT2D eigenvalue weighted by Gasteiger charge is -2.24. The zero-order chi connectivity index (χ0) is 22.7. The number of nitrogens with one attached hydrogen (secondary N) is 3. The van der Waals surface area contributed by atoms with Gasteiger partial charge in [0, 0.05) is 12.2 Å². The van der Waals surface area contributed by atoms with Gasteiger partial charge >= 0.3 is 5.97 Å². The molecule has 5 unspecified atom stereocenters. The molecule has 0 aromatic rings. The number of hydrogen-bond acceptors (Lipinski definition) is 9. The van der Waals surface area contributed by atoms with Crippen molar-refractivity contribution in [3.63, 3.8) is 0 Å². The van der Waals surface area contributed by atoms with Crippen LogP contribution in [-0.4, -0.2) is 87.5 Å². The fraction of sp³-hybridized carbons (Fsp3) is 0.667. The predicted octanol–water partition coefficient (Wildman–Crippen LogP) is -4.58. The lowest BCUT2D eigenvalue weighted by Crippen LogP contribution is -2.59. The molecule has 0 spiro atoms. The van der Waals surface area contributed by atoms with E-state index in [0.717, 1.165) is 0 Å². The first-order valence-electron chi connectivity index (χ1n) is 8.52. The van der Waals surface area contributed by atoms with Crippen molar-refractivity contribution >= 4 is 42.2 Å². The van der Waals surface area contributed by atoms with Gasteiger partial charge in [0.15, 0.2) is 0 Å². The van der Waals surface area contributed by atoms with Gasteiger partial charge in [0.1, 0.15) is 24.2 Å². The van der Waals surface area contributed by atoms with Gasteiger partial charge in [-0.15, -0.1) is 0 Å². The first-order valence-corrected chi connectivity index (χ1v) is 9.15. The highest BCUT2D eigenvalue weighted by atomic mass is 32.1. The Hall–Kier alpha value is -2.42. The molecule has 0 fully saturated rings. The maximum atomic E-state index is 12.4. The van der Waals surface area contributed by atoms with E-state index in [0.29, 0.717) is 0 Å². The van der Waals surface area contributed by atoms with E-state index in [1.807, 2.05) is 5.32 Å². The minimum Gasteiger partial charge on any atom is -0.480 e. The Kier molecular flexibility index (Phi) is 11.8. The monoisotopic (exact) mass is 437 g/mol. The van der Waals surface area contributed by atoms with Crippen LogP contribution in [-0.2, 0) is 24.0 Å². The topological polar surface area (TPSA) is 234 Å². The number of aliphatic hydroxyl groups excluding tert-OH is 2. The maximum absolute atomic E-state index is 12.4. The van der Waals surface area contributed by atoms with Crippen LogP contribution in [0.4, 0.5) is 0 Å². The van der Waals surface area contributed by atoms with Gasteiger partial charge in [0.05, 0.1) is 12.7 Å². The zero-order valence-electron chi connectivity index (χ0n) is 15.7. The van der Waals surface area contributed by atoms with Crippen LogP contribution in [0.5, 0.6) is 0 Å². The third kappa shape index (κ3) is 9.56. The predicted molar refractivity (Wildman–Crippen MR) is 102 cm³/mol. The summed E-state index contributed by atoms with van der Waals surface area (Å²) in [6.07, 6.45) is -1.75. The summed E-state index contributed by atoms with van der Waals surface area (Å²) in [5, 5.41) is 33.8. The second-order valence-electron chi connectivity index (χ2n) is 6.16. The minimum absolute atomic E-state index is 0.192. The number of nitrogens with two attached hydrogens (primary N) is 2. The summed E-state index contributed by atoms with van der Waals surface area (Å²) in [4.78, 5) is 58.6. The number of amides is 4. The summed E-state index contributed by atoms with van der Waals surface area (Å²) < 4.78 is 0. The highest BCUT2D eigenvalue weighted by Crippen LogP contribution is 2.01. The highest BCUT2D eigenvalue weighted by Gasteiger charge is 2.30. The number of carboxylic acids is 1. The van der Waals surface area contributed by atoms with Gasteiger partial charge in [0.25, 0.3) is 0 Å². The summed E-state index contributed by atoms with van der Waals surface area (Å²) in [6, 6.07) is -5.55. The molecule has 0 saturated heterocycles. The molecule has 166 valence electrons. The van der Waals surface area contributed by atoms with Crippen LogP contribution in [0.15, 0.2) is 0 Å². The summed E-state index contributed by atoms with van der Waals surface area (Å²) in [5.74, 6) is -5.15. The Bertz CT molecular complexity index is 618. The molecule has 4 amide bonds. The van der Waals surface area contributed by atoms with Crippen LogP contribution < -0.4 is 27.4 Å². The molecule has 0 bridgehead atoms. The Balaban J connectivity index is 5.24. The van der Waals surface area contributed by atoms with E-state index < -0.39 is 66.5 Å². The molecule has 0 heterocycles. The molecular weight excluding hydrogens is 410 g/mol. The van der Waals surface area contributed by atoms with Crippen LogP contribution in [0.2, 0.25) is 0 Å². The molecule has 0 rings (SSSR count). The molecule has 0 saturated carbocycles. The standard InChI is InChI=1S/C15H27N5O8S/c1-6(22)11(17)14(26)20-9(5-29)13(25)18-7(2-3-10(16)23)12(24)19-8(4-21)15(27)28/h6-9,11,21-22,29H,2-5,17H2,1H3,(H2,16,23)(H,18,25)(H,19,24)(H,20,26)(H,27,28). The summed E-state index contributed by atoms with van der Waals surface area (Å²) in [7, 11) is 0. The van der Waals surface area contributed by atoms with E-state index in [1.165, 1.54) is 6.92 Å². The highest BCUT2D eigenvalue weighted by molar-refractivity contribution is 7.80. The molecule has 0 aliphatic carbocycles. The number of carbonyl (C=O) groups excluding carboxylic acids is 4. The summed E-state index contributed by atoms with van der Waals surface area (Å²) in [6.45, 7) is 0.383. The number of aliphatic carboxylic acids is 1. The van der Waals surface area contributed by atoms with E-state index in [-0.39, 0.29) is 18.6 Å². The molecule has 0 radical (unpaired) electrons. The molecule has 5 atom stereocenters. The van der Waals surface area contributed by atoms with Crippen molar-refractivity contribution in [3.05, 3.63) is 0 Å². The first kappa shape index (κ1) is 26.6. The average molecular weight is 437 g/mol. The zero-order valence-corrected chi connectivity index (χ0v) is 16.6. The normalized spacial score (nSPS) is 15.9. The third-order valence-electron chi connectivity index (χ3n) is 3.75. The van der Waals surface area contributed by atoms with Crippen LogP contribution in [0, 0.1) is 0 Å². The minimum atomic E-state index is -1.63. The average Bonchev–Trinajstić information content (AvgIpc) is 2.65.